The second-order valence-corrected chi connectivity index (χ2v) is 6.14. The molecule has 0 spiro atoms. The highest BCUT2D eigenvalue weighted by molar-refractivity contribution is 5.34. The summed E-state index contributed by atoms with van der Waals surface area (Å²) in [5.74, 6) is 1.04. The van der Waals surface area contributed by atoms with Crippen molar-refractivity contribution in [3.63, 3.8) is 0 Å². The molecule has 0 bridgehead atoms. The number of benzene rings is 1. The Labute approximate surface area is 136 Å². The van der Waals surface area contributed by atoms with Gasteiger partial charge in [-0.2, -0.15) is 0 Å². The maximum atomic E-state index is 8.81. The van der Waals surface area contributed by atoms with E-state index in [-0.39, 0.29) is 0 Å². The van der Waals surface area contributed by atoms with Gasteiger partial charge in [-0.3, -0.25) is 0 Å². The number of aliphatic hydroxyl groups is 1. The number of hydrogen-bond acceptors (Lipinski definition) is 2. The molecular formula is C20H34O2. The van der Waals surface area contributed by atoms with Crippen LogP contribution in [0.2, 0.25) is 0 Å². The summed E-state index contributed by atoms with van der Waals surface area (Å²) in [4.78, 5) is 0. The molecule has 22 heavy (non-hydrogen) atoms. The zero-order valence-corrected chi connectivity index (χ0v) is 14.6. The first kappa shape index (κ1) is 19.0. The van der Waals surface area contributed by atoms with Gasteiger partial charge in [0.05, 0.1) is 6.61 Å². The third-order valence-corrected chi connectivity index (χ3v) is 4.07. The van der Waals surface area contributed by atoms with Crippen LogP contribution in [-0.4, -0.2) is 18.3 Å². The molecule has 0 unspecified atom stereocenters. The minimum Gasteiger partial charge on any atom is -0.494 e. The molecule has 0 aliphatic heterocycles. The summed E-state index contributed by atoms with van der Waals surface area (Å²) in [7, 11) is 0. The number of hydrogen-bond donors (Lipinski definition) is 1. The average molecular weight is 306 g/mol. The molecule has 1 aromatic rings. The summed E-state index contributed by atoms with van der Waals surface area (Å²) in [6, 6.07) is 6.72. The summed E-state index contributed by atoms with van der Waals surface area (Å²) >= 11 is 0. The topological polar surface area (TPSA) is 29.5 Å². The van der Waals surface area contributed by atoms with E-state index < -0.39 is 0 Å². The van der Waals surface area contributed by atoms with Crippen molar-refractivity contribution in [2.75, 3.05) is 13.2 Å². The number of unbranched alkanes of at least 4 members (excludes halogenated alkanes) is 6. The van der Waals surface area contributed by atoms with E-state index in [4.69, 9.17) is 9.84 Å². The summed E-state index contributed by atoms with van der Waals surface area (Å²) in [6.07, 6.45) is 11.6. The monoisotopic (exact) mass is 306 g/mol. The predicted molar refractivity (Wildman–Crippen MR) is 94.7 cm³/mol. The van der Waals surface area contributed by atoms with Crippen LogP contribution in [0.4, 0.5) is 0 Å². The Hall–Kier alpha value is -1.02. The van der Waals surface area contributed by atoms with Gasteiger partial charge >= 0.3 is 0 Å². The van der Waals surface area contributed by atoms with Crippen molar-refractivity contribution in [2.45, 2.75) is 78.1 Å². The standard InChI is InChI=1S/C20H34O2/c1-3-5-6-11-14-22-20-16-18(4-2)15-19(17-20)12-9-7-8-10-13-21/h15-17,21H,3-14H2,1-2H3. The lowest BCUT2D eigenvalue weighted by molar-refractivity contribution is 0.282. The molecule has 0 heterocycles. The Morgan fingerprint density at radius 2 is 1.55 bits per heavy atom. The fourth-order valence-electron chi connectivity index (χ4n) is 2.67. The van der Waals surface area contributed by atoms with Crippen molar-refractivity contribution in [2.24, 2.45) is 0 Å². The van der Waals surface area contributed by atoms with Crippen LogP contribution in [0.5, 0.6) is 5.75 Å². The molecule has 2 nitrogen and oxygen atoms in total. The highest BCUT2D eigenvalue weighted by atomic mass is 16.5. The smallest absolute Gasteiger partial charge is 0.119 e. The van der Waals surface area contributed by atoms with Gasteiger partial charge in [0.25, 0.3) is 0 Å². The molecular weight excluding hydrogens is 272 g/mol. The van der Waals surface area contributed by atoms with Crippen LogP contribution in [-0.2, 0) is 12.8 Å². The lowest BCUT2D eigenvalue weighted by Crippen LogP contribution is -1.99. The normalized spacial score (nSPS) is 10.9. The minimum absolute atomic E-state index is 0.321. The number of ether oxygens (including phenoxy) is 1. The van der Waals surface area contributed by atoms with Crippen molar-refractivity contribution < 1.29 is 9.84 Å². The van der Waals surface area contributed by atoms with Gasteiger partial charge in [-0.25, -0.2) is 0 Å². The lowest BCUT2D eigenvalue weighted by Gasteiger charge is -2.11. The zero-order valence-electron chi connectivity index (χ0n) is 14.6. The van der Waals surface area contributed by atoms with E-state index in [9.17, 15) is 0 Å². The third kappa shape index (κ3) is 8.43. The molecule has 126 valence electrons. The van der Waals surface area contributed by atoms with Crippen molar-refractivity contribution in [3.05, 3.63) is 29.3 Å². The van der Waals surface area contributed by atoms with Gasteiger partial charge < -0.3 is 9.84 Å². The molecule has 0 amide bonds. The number of aryl methyl sites for hydroxylation is 2. The van der Waals surface area contributed by atoms with E-state index in [1.54, 1.807) is 0 Å². The molecule has 0 saturated heterocycles. The van der Waals surface area contributed by atoms with Crippen molar-refractivity contribution in [1.29, 1.82) is 0 Å². The van der Waals surface area contributed by atoms with Crippen molar-refractivity contribution in [1.82, 2.24) is 0 Å². The quantitative estimate of drug-likeness (QED) is 0.501. The first-order valence-corrected chi connectivity index (χ1v) is 9.16. The van der Waals surface area contributed by atoms with E-state index in [2.05, 4.69) is 32.0 Å². The third-order valence-electron chi connectivity index (χ3n) is 4.07. The average Bonchev–Trinajstić information content (AvgIpc) is 2.54. The summed E-state index contributed by atoms with van der Waals surface area (Å²) in [6.45, 7) is 5.59. The zero-order chi connectivity index (χ0) is 16.0. The van der Waals surface area contributed by atoms with Crippen molar-refractivity contribution >= 4 is 0 Å². The molecule has 1 aromatic carbocycles. The van der Waals surface area contributed by atoms with Crippen LogP contribution >= 0.6 is 0 Å². The Kier molecular flexibility index (Phi) is 10.8. The molecule has 0 aromatic heterocycles. The largest absolute Gasteiger partial charge is 0.494 e. The van der Waals surface area contributed by atoms with Crippen LogP contribution in [0.3, 0.4) is 0 Å². The van der Waals surface area contributed by atoms with E-state index in [0.717, 1.165) is 44.5 Å². The highest BCUT2D eigenvalue weighted by Gasteiger charge is 2.02. The molecule has 2 heteroatoms. The van der Waals surface area contributed by atoms with E-state index >= 15 is 0 Å². The van der Waals surface area contributed by atoms with Crippen molar-refractivity contribution in [3.8, 4) is 5.75 Å². The SMILES string of the molecule is CCCCCCOc1cc(CC)cc(CCCCCCO)c1. The summed E-state index contributed by atoms with van der Waals surface area (Å²) in [5, 5.41) is 8.81. The van der Waals surface area contributed by atoms with Gasteiger partial charge in [-0.1, -0.05) is 52.0 Å². The Morgan fingerprint density at radius 3 is 2.27 bits per heavy atom. The van der Waals surface area contributed by atoms with Crippen LogP contribution in [0, 0.1) is 0 Å². The van der Waals surface area contributed by atoms with E-state index in [1.807, 2.05) is 0 Å². The number of rotatable bonds is 13. The second-order valence-electron chi connectivity index (χ2n) is 6.14. The van der Waals surface area contributed by atoms with Gasteiger partial charge in [0.1, 0.15) is 5.75 Å². The summed E-state index contributed by atoms with van der Waals surface area (Å²) in [5.41, 5.74) is 2.77. The molecule has 0 atom stereocenters. The van der Waals surface area contributed by atoms with Gasteiger partial charge in [0.15, 0.2) is 0 Å². The second kappa shape index (κ2) is 12.5. The Morgan fingerprint density at radius 1 is 0.818 bits per heavy atom. The molecule has 0 saturated carbocycles. The molecule has 0 radical (unpaired) electrons. The number of aliphatic hydroxyl groups excluding tert-OH is 1. The Balaban J connectivity index is 2.42. The van der Waals surface area contributed by atoms with E-state index in [1.165, 1.54) is 43.2 Å². The maximum absolute atomic E-state index is 8.81. The summed E-state index contributed by atoms with van der Waals surface area (Å²) < 4.78 is 5.95. The van der Waals surface area contributed by atoms with Crippen LogP contribution in [0.1, 0.15) is 76.3 Å². The van der Waals surface area contributed by atoms with Gasteiger partial charge in [0.2, 0.25) is 0 Å². The first-order chi connectivity index (χ1) is 10.8. The molecule has 0 fully saturated rings. The van der Waals surface area contributed by atoms with Gasteiger partial charge in [-0.15, -0.1) is 0 Å². The molecule has 1 N–H and O–H groups in total. The highest BCUT2D eigenvalue weighted by Crippen LogP contribution is 2.20. The fraction of sp³-hybridized carbons (Fsp3) is 0.700. The molecule has 0 aliphatic rings. The maximum Gasteiger partial charge on any atom is 0.119 e. The molecule has 1 rings (SSSR count). The molecule has 0 aliphatic carbocycles. The van der Waals surface area contributed by atoms with Gasteiger partial charge in [-0.05, 0) is 55.4 Å². The van der Waals surface area contributed by atoms with Crippen LogP contribution < -0.4 is 4.74 Å². The first-order valence-electron chi connectivity index (χ1n) is 9.16. The Bertz CT molecular complexity index is 355. The van der Waals surface area contributed by atoms with Gasteiger partial charge in [0, 0.05) is 6.61 Å². The van der Waals surface area contributed by atoms with Crippen LogP contribution in [0.15, 0.2) is 18.2 Å². The minimum atomic E-state index is 0.321. The fourth-order valence-corrected chi connectivity index (χ4v) is 2.67. The van der Waals surface area contributed by atoms with Crippen LogP contribution in [0.25, 0.3) is 0 Å². The van der Waals surface area contributed by atoms with E-state index in [0.29, 0.717) is 6.61 Å². The predicted octanol–water partition coefficient (Wildman–Crippen LogP) is 5.30. The lowest BCUT2D eigenvalue weighted by atomic mass is 10.0.